The first kappa shape index (κ1) is 9.58. The third-order valence-electron chi connectivity index (χ3n) is 1.95. The molecule has 0 saturated heterocycles. The van der Waals surface area contributed by atoms with Crippen LogP contribution in [0.1, 0.15) is 11.3 Å². The number of anilines is 1. The molecule has 0 bridgehead atoms. The first-order valence-corrected chi connectivity index (χ1v) is 4.76. The van der Waals surface area contributed by atoms with Crippen molar-refractivity contribution in [2.45, 2.75) is 13.5 Å². The molecule has 0 spiro atoms. The van der Waals surface area contributed by atoms with E-state index < -0.39 is 0 Å². The van der Waals surface area contributed by atoms with Crippen LogP contribution in [0.2, 0.25) is 0 Å². The monoisotopic (exact) mass is 200 g/mol. The molecule has 2 aromatic rings. The van der Waals surface area contributed by atoms with Crippen LogP contribution in [-0.2, 0) is 6.54 Å². The Morgan fingerprint density at radius 3 is 2.87 bits per heavy atom. The van der Waals surface area contributed by atoms with Crippen molar-refractivity contribution >= 4 is 5.82 Å². The number of aromatic nitrogens is 3. The Labute approximate surface area is 88.4 Å². The van der Waals surface area contributed by atoms with Crippen LogP contribution >= 0.6 is 0 Å². The molecule has 0 saturated carbocycles. The molecule has 0 unspecified atom stereocenters. The summed E-state index contributed by atoms with van der Waals surface area (Å²) in [6.07, 6.45) is 7.03. The lowest BCUT2D eigenvalue weighted by molar-refractivity contribution is 1.04. The number of nitrogens with zero attached hydrogens (tertiary/aromatic N) is 3. The maximum Gasteiger partial charge on any atom is 0.145 e. The lowest BCUT2D eigenvalue weighted by Gasteiger charge is -2.04. The highest BCUT2D eigenvalue weighted by atomic mass is 15.0. The molecule has 0 atom stereocenters. The van der Waals surface area contributed by atoms with Gasteiger partial charge in [-0.1, -0.05) is 6.07 Å². The van der Waals surface area contributed by atoms with E-state index in [-0.39, 0.29) is 0 Å². The molecular formula is C11H12N4. The van der Waals surface area contributed by atoms with Crippen molar-refractivity contribution < 1.29 is 0 Å². The third-order valence-corrected chi connectivity index (χ3v) is 1.95. The van der Waals surface area contributed by atoms with Crippen LogP contribution < -0.4 is 5.32 Å². The first-order valence-electron chi connectivity index (χ1n) is 4.76. The molecule has 0 aliphatic heterocycles. The second kappa shape index (κ2) is 4.50. The Morgan fingerprint density at radius 2 is 2.13 bits per heavy atom. The first-order chi connectivity index (χ1) is 7.34. The van der Waals surface area contributed by atoms with E-state index in [9.17, 15) is 0 Å². The fourth-order valence-electron chi connectivity index (χ4n) is 1.24. The molecule has 2 aromatic heterocycles. The van der Waals surface area contributed by atoms with Gasteiger partial charge in [0, 0.05) is 25.1 Å². The Bertz CT molecular complexity index is 428. The number of pyridine rings is 1. The van der Waals surface area contributed by atoms with Crippen LogP contribution in [0.5, 0.6) is 0 Å². The minimum Gasteiger partial charge on any atom is -0.365 e. The van der Waals surface area contributed by atoms with Gasteiger partial charge in [-0.2, -0.15) is 0 Å². The van der Waals surface area contributed by atoms with E-state index in [0.717, 1.165) is 17.1 Å². The van der Waals surface area contributed by atoms with Gasteiger partial charge in [0.2, 0.25) is 0 Å². The molecule has 0 fully saturated rings. The van der Waals surface area contributed by atoms with Gasteiger partial charge in [0.1, 0.15) is 5.82 Å². The molecule has 15 heavy (non-hydrogen) atoms. The fraction of sp³-hybridized carbons (Fsp3) is 0.182. The summed E-state index contributed by atoms with van der Waals surface area (Å²) < 4.78 is 0. The summed E-state index contributed by atoms with van der Waals surface area (Å²) in [6.45, 7) is 2.63. The fourth-order valence-corrected chi connectivity index (χ4v) is 1.24. The number of hydrogen-bond acceptors (Lipinski definition) is 4. The average Bonchev–Trinajstić information content (AvgIpc) is 2.28. The van der Waals surface area contributed by atoms with Crippen LogP contribution in [0, 0.1) is 6.92 Å². The van der Waals surface area contributed by atoms with E-state index in [1.807, 2.05) is 25.3 Å². The Morgan fingerprint density at radius 1 is 1.20 bits per heavy atom. The van der Waals surface area contributed by atoms with Crippen LogP contribution in [-0.4, -0.2) is 15.0 Å². The van der Waals surface area contributed by atoms with E-state index in [2.05, 4.69) is 20.3 Å². The van der Waals surface area contributed by atoms with Crippen LogP contribution in [0.15, 0.2) is 36.9 Å². The molecule has 0 aliphatic carbocycles. The number of nitrogens with one attached hydrogen (secondary N) is 1. The minimum atomic E-state index is 0.714. The quantitative estimate of drug-likeness (QED) is 0.820. The molecule has 0 amide bonds. The highest BCUT2D eigenvalue weighted by Gasteiger charge is 1.95. The zero-order valence-electron chi connectivity index (χ0n) is 8.51. The van der Waals surface area contributed by atoms with E-state index in [1.54, 1.807) is 18.6 Å². The SMILES string of the molecule is Cc1cncc(NCc2cccnc2)n1. The molecule has 76 valence electrons. The Hall–Kier alpha value is -1.97. The van der Waals surface area contributed by atoms with Crippen molar-refractivity contribution in [3.8, 4) is 0 Å². The molecular weight excluding hydrogens is 188 g/mol. The van der Waals surface area contributed by atoms with Crippen LogP contribution in [0.4, 0.5) is 5.82 Å². The van der Waals surface area contributed by atoms with Gasteiger partial charge in [-0.25, -0.2) is 4.98 Å². The van der Waals surface area contributed by atoms with Crippen molar-refractivity contribution in [1.82, 2.24) is 15.0 Å². The van der Waals surface area contributed by atoms with Gasteiger partial charge >= 0.3 is 0 Å². The zero-order chi connectivity index (χ0) is 10.5. The van der Waals surface area contributed by atoms with Crippen molar-refractivity contribution in [3.63, 3.8) is 0 Å². The molecule has 1 N–H and O–H groups in total. The summed E-state index contributed by atoms with van der Waals surface area (Å²) in [4.78, 5) is 12.4. The Balaban J connectivity index is 1.99. The van der Waals surface area contributed by atoms with E-state index in [4.69, 9.17) is 0 Å². The zero-order valence-corrected chi connectivity index (χ0v) is 8.51. The highest BCUT2D eigenvalue weighted by molar-refractivity contribution is 5.32. The standard InChI is InChI=1S/C11H12N4/c1-9-5-13-8-11(15-9)14-7-10-3-2-4-12-6-10/h2-6,8H,7H2,1H3,(H,14,15). The molecule has 2 rings (SSSR count). The summed E-state index contributed by atoms with van der Waals surface area (Å²) in [5.74, 6) is 0.791. The lowest BCUT2D eigenvalue weighted by atomic mass is 10.3. The van der Waals surface area contributed by atoms with Gasteiger partial charge in [-0.05, 0) is 18.6 Å². The summed E-state index contributed by atoms with van der Waals surface area (Å²) in [6, 6.07) is 3.93. The maximum absolute atomic E-state index is 4.29. The number of hydrogen-bond donors (Lipinski definition) is 1. The van der Waals surface area contributed by atoms with Crippen molar-refractivity contribution in [1.29, 1.82) is 0 Å². The molecule has 4 nitrogen and oxygen atoms in total. The van der Waals surface area contributed by atoms with Crippen molar-refractivity contribution in [2.75, 3.05) is 5.32 Å². The predicted octanol–water partition coefficient (Wildman–Crippen LogP) is 1.79. The number of aryl methyl sites for hydroxylation is 1. The van der Waals surface area contributed by atoms with Gasteiger partial charge in [-0.15, -0.1) is 0 Å². The highest BCUT2D eigenvalue weighted by Crippen LogP contribution is 2.04. The summed E-state index contributed by atoms with van der Waals surface area (Å²) >= 11 is 0. The predicted molar refractivity (Wildman–Crippen MR) is 58.3 cm³/mol. The molecule has 0 aliphatic rings. The summed E-state index contributed by atoms with van der Waals surface area (Å²) in [7, 11) is 0. The maximum atomic E-state index is 4.29. The largest absolute Gasteiger partial charge is 0.365 e. The smallest absolute Gasteiger partial charge is 0.145 e. The molecule has 0 radical (unpaired) electrons. The van der Waals surface area contributed by atoms with Crippen molar-refractivity contribution in [3.05, 3.63) is 48.2 Å². The van der Waals surface area contributed by atoms with Gasteiger partial charge < -0.3 is 5.32 Å². The normalized spacial score (nSPS) is 9.93. The second-order valence-electron chi connectivity index (χ2n) is 3.26. The van der Waals surface area contributed by atoms with Gasteiger partial charge in [-0.3, -0.25) is 9.97 Å². The topological polar surface area (TPSA) is 50.7 Å². The second-order valence-corrected chi connectivity index (χ2v) is 3.26. The Kier molecular flexibility index (Phi) is 2.88. The molecule has 4 heteroatoms. The van der Waals surface area contributed by atoms with E-state index in [1.165, 1.54) is 0 Å². The molecule has 2 heterocycles. The summed E-state index contributed by atoms with van der Waals surface area (Å²) in [5, 5.41) is 3.19. The third kappa shape index (κ3) is 2.74. The van der Waals surface area contributed by atoms with Gasteiger partial charge in [0.25, 0.3) is 0 Å². The number of rotatable bonds is 3. The van der Waals surface area contributed by atoms with E-state index >= 15 is 0 Å². The van der Waals surface area contributed by atoms with Gasteiger partial charge in [0.05, 0.1) is 11.9 Å². The minimum absolute atomic E-state index is 0.714. The van der Waals surface area contributed by atoms with E-state index in [0.29, 0.717) is 6.54 Å². The average molecular weight is 200 g/mol. The molecule has 0 aromatic carbocycles. The lowest BCUT2D eigenvalue weighted by Crippen LogP contribution is -2.02. The van der Waals surface area contributed by atoms with Gasteiger partial charge in [0.15, 0.2) is 0 Å². The van der Waals surface area contributed by atoms with Crippen LogP contribution in [0.3, 0.4) is 0 Å². The summed E-state index contributed by atoms with van der Waals surface area (Å²) in [5.41, 5.74) is 2.03. The van der Waals surface area contributed by atoms with Crippen molar-refractivity contribution in [2.24, 2.45) is 0 Å². The van der Waals surface area contributed by atoms with Crippen LogP contribution in [0.25, 0.3) is 0 Å².